The van der Waals surface area contributed by atoms with Gasteiger partial charge in [-0.3, -0.25) is 0 Å². The Balaban J connectivity index is 2.27. The van der Waals surface area contributed by atoms with Gasteiger partial charge in [0.25, 0.3) is 0 Å². The summed E-state index contributed by atoms with van der Waals surface area (Å²) in [6.07, 6.45) is 1.35. The highest BCUT2D eigenvalue weighted by Gasteiger charge is 2.06. The Morgan fingerprint density at radius 3 is 2.72 bits per heavy atom. The SMILES string of the molecule is COc1cc(F)ccc1Nc1cc(NN)ncn1. The average molecular weight is 249 g/mol. The molecule has 4 N–H and O–H groups in total. The number of nitrogens with one attached hydrogen (secondary N) is 2. The smallest absolute Gasteiger partial charge is 0.145 e. The maximum Gasteiger partial charge on any atom is 0.145 e. The van der Waals surface area contributed by atoms with Gasteiger partial charge in [-0.2, -0.15) is 0 Å². The van der Waals surface area contributed by atoms with Gasteiger partial charge in [0, 0.05) is 12.1 Å². The second-order valence-corrected chi connectivity index (χ2v) is 3.40. The van der Waals surface area contributed by atoms with Crippen LogP contribution in [-0.4, -0.2) is 17.1 Å². The molecule has 0 saturated heterocycles. The van der Waals surface area contributed by atoms with Crippen molar-refractivity contribution in [3.05, 3.63) is 36.4 Å². The van der Waals surface area contributed by atoms with Crippen LogP contribution >= 0.6 is 0 Å². The Kier molecular flexibility index (Phi) is 3.54. The molecule has 2 rings (SSSR count). The van der Waals surface area contributed by atoms with Crippen molar-refractivity contribution in [1.29, 1.82) is 0 Å². The van der Waals surface area contributed by atoms with Crippen LogP contribution in [0.25, 0.3) is 0 Å². The number of methoxy groups -OCH3 is 1. The van der Waals surface area contributed by atoms with Crippen LogP contribution in [-0.2, 0) is 0 Å². The summed E-state index contributed by atoms with van der Waals surface area (Å²) in [4.78, 5) is 7.89. The molecule has 2 aromatic rings. The lowest BCUT2D eigenvalue weighted by Gasteiger charge is -2.10. The maximum atomic E-state index is 13.0. The van der Waals surface area contributed by atoms with Crippen LogP contribution in [0.5, 0.6) is 5.75 Å². The zero-order chi connectivity index (χ0) is 13.0. The second-order valence-electron chi connectivity index (χ2n) is 3.40. The second kappa shape index (κ2) is 5.28. The summed E-state index contributed by atoms with van der Waals surface area (Å²) in [6.45, 7) is 0. The molecule has 0 aliphatic rings. The fourth-order valence-electron chi connectivity index (χ4n) is 1.41. The first-order valence-corrected chi connectivity index (χ1v) is 5.12. The van der Waals surface area contributed by atoms with E-state index in [4.69, 9.17) is 10.6 Å². The molecule has 1 aromatic carbocycles. The summed E-state index contributed by atoms with van der Waals surface area (Å²) in [5.74, 6) is 6.24. The van der Waals surface area contributed by atoms with Crippen LogP contribution in [0.4, 0.5) is 21.7 Å². The number of rotatable bonds is 4. The Morgan fingerprint density at radius 2 is 2.00 bits per heavy atom. The normalized spacial score (nSPS) is 9.94. The standard InChI is InChI=1S/C11H12FN5O/c1-18-9-4-7(12)2-3-8(9)16-10-5-11(17-13)15-6-14-10/h2-6H,13H2,1H3,(H2,14,15,16,17). The number of benzene rings is 1. The number of nitrogens with zero attached hydrogens (tertiary/aromatic N) is 2. The van der Waals surface area contributed by atoms with Crippen molar-refractivity contribution in [2.24, 2.45) is 5.84 Å². The molecule has 7 heteroatoms. The van der Waals surface area contributed by atoms with Crippen molar-refractivity contribution in [2.45, 2.75) is 0 Å². The summed E-state index contributed by atoms with van der Waals surface area (Å²) in [5.41, 5.74) is 3.01. The number of nitrogens with two attached hydrogens (primary N) is 1. The first-order valence-electron chi connectivity index (χ1n) is 5.12. The van der Waals surface area contributed by atoms with Gasteiger partial charge in [-0.05, 0) is 12.1 Å². The maximum absolute atomic E-state index is 13.0. The van der Waals surface area contributed by atoms with Gasteiger partial charge in [0.05, 0.1) is 12.8 Å². The molecule has 0 bridgehead atoms. The molecule has 1 aromatic heterocycles. The lowest BCUT2D eigenvalue weighted by molar-refractivity contribution is 0.413. The predicted octanol–water partition coefficient (Wildman–Crippen LogP) is 1.65. The number of hydrogen-bond acceptors (Lipinski definition) is 6. The molecule has 94 valence electrons. The Labute approximate surface area is 103 Å². The van der Waals surface area contributed by atoms with Gasteiger partial charge in [-0.15, -0.1) is 0 Å². The molecular weight excluding hydrogens is 237 g/mol. The predicted molar refractivity (Wildman–Crippen MR) is 66.1 cm³/mol. The highest BCUT2D eigenvalue weighted by Crippen LogP contribution is 2.27. The fourth-order valence-corrected chi connectivity index (χ4v) is 1.41. The summed E-state index contributed by atoms with van der Waals surface area (Å²) in [7, 11) is 1.47. The Morgan fingerprint density at radius 1 is 1.22 bits per heavy atom. The van der Waals surface area contributed by atoms with E-state index in [0.29, 0.717) is 23.1 Å². The number of hydrazine groups is 1. The third-order valence-corrected chi connectivity index (χ3v) is 2.24. The van der Waals surface area contributed by atoms with E-state index in [2.05, 4.69) is 20.7 Å². The first kappa shape index (κ1) is 12.1. The topological polar surface area (TPSA) is 85.1 Å². The number of hydrogen-bond donors (Lipinski definition) is 3. The van der Waals surface area contributed by atoms with E-state index in [1.807, 2.05) is 0 Å². The molecule has 0 aliphatic heterocycles. The van der Waals surface area contributed by atoms with Crippen molar-refractivity contribution >= 4 is 17.3 Å². The monoisotopic (exact) mass is 249 g/mol. The van der Waals surface area contributed by atoms with Crippen molar-refractivity contribution in [3.8, 4) is 5.75 Å². The van der Waals surface area contributed by atoms with E-state index in [1.165, 1.54) is 25.6 Å². The molecule has 0 spiro atoms. The summed E-state index contributed by atoms with van der Waals surface area (Å²) in [6, 6.07) is 5.79. The van der Waals surface area contributed by atoms with Crippen LogP contribution in [0.15, 0.2) is 30.6 Å². The van der Waals surface area contributed by atoms with E-state index in [1.54, 1.807) is 12.1 Å². The van der Waals surface area contributed by atoms with Crippen molar-refractivity contribution < 1.29 is 9.13 Å². The van der Waals surface area contributed by atoms with Crippen LogP contribution in [0, 0.1) is 5.82 Å². The largest absolute Gasteiger partial charge is 0.494 e. The minimum absolute atomic E-state index is 0.371. The van der Waals surface area contributed by atoms with Crippen molar-refractivity contribution in [2.75, 3.05) is 17.9 Å². The average Bonchev–Trinajstić information content (AvgIpc) is 2.41. The van der Waals surface area contributed by atoms with Gasteiger partial charge in [0.1, 0.15) is 29.5 Å². The molecule has 0 radical (unpaired) electrons. The lowest BCUT2D eigenvalue weighted by Crippen LogP contribution is -2.09. The van der Waals surface area contributed by atoms with E-state index in [0.717, 1.165) is 0 Å². The van der Waals surface area contributed by atoms with Crippen molar-refractivity contribution in [3.63, 3.8) is 0 Å². The first-order chi connectivity index (χ1) is 8.72. The van der Waals surface area contributed by atoms with Crippen LogP contribution < -0.4 is 21.3 Å². The molecule has 0 aliphatic carbocycles. The lowest BCUT2D eigenvalue weighted by atomic mass is 10.3. The Hall–Kier alpha value is -2.41. The van der Waals surface area contributed by atoms with Gasteiger partial charge < -0.3 is 15.5 Å². The molecule has 0 fully saturated rings. The number of ether oxygens (including phenoxy) is 1. The highest BCUT2D eigenvalue weighted by atomic mass is 19.1. The zero-order valence-electron chi connectivity index (χ0n) is 9.64. The molecule has 0 unspecified atom stereocenters. The number of aromatic nitrogens is 2. The highest BCUT2D eigenvalue weighted by molar-refractivity contribution is 5.65. The van der Waals surface area contributed by atoms with Gasteiger partial charge >= 0.3 is 0 Å². The number of halogens is 1. The summed E-state index contributed by atoms with van der Waals surface area (Å²) >= 11 is 0. The van der Waals surface area contributed by atoms with Crippen LogP contribution in [0.2, 0.25) is 0 Å². The third kappa shape index (κ3) is 2.64. The molecule has 6 nitrogen and oxygen atoms in total. The van der Waals surface area contributed by atoms with Gasteiger partial charge in [0.15, 0.2) is 0 Å². The van der Waals surface area contributed by atoms with E-state index in [9.17, 15) is 4.39 Å². The Bertz CT molecular complexity index is 549. The van der Waals surface area contributed by atoms with E-state index < -0.39 is 0 Å². The van der Waals surface area contributed by atoms with Crippen LogP contribution in [0.3, 0.4) is 0 Å². The molecule has 0 saturated carbocycles. The third-order valence-electron chi connectivity index (χ3n) is 2.24. The molecule has 0 atom stereocenters. The fraction of sp³-hybridized carbons (Fsp3) is 0.0909. The number of nitrogen functional groups attached to an aromatic ring is 1. The van der Waals surface area contributed by atoms with Crippen molar-refractivity contribution in [1.82, 2.24) is 9.97 Å². The van der Waals surface area contributed by atoms with Gasteiger partial charge in [-0.25, -0.2) is 20.2 Å². The summed E-state index contributed by atoms with van der Waals surface area (Å²) < 4.78 is 18.1. The minimum atomic E-state index is -0.371. The van der Waals surface area contributed by atoms with Gasteiger partial charge in [-0.1, -0.05) is 0 Å². The molecule has 0 amide bonds. The zero-order valence-corrected chi connectivity index (χ0v) is 9.64. The van der Waals surface area contributed by atoms with E-state index in [-0.39, 0.29) is 5.82 Å². The van der Waals surface area contributed by atoms with Crippen LogP contribution in [0.1, 0.15) is 0 Å². The number of anilines is 3. The minimum Gasteiger partial charge on any atom is -0.494 e. The summed E-state index contributed by atoms with van der Waals surface area (Å²) in [5, 5.41) is 2.99. The quantitative estimate of drug-likeness (QED) is 0.564. The van der Waals surface area contributed by atoms with Gasteiger partial charge in [0.2, 0.25) is 0 Å². The molecule has 18 heavy (non-hydrogen) atoms. The van der Waals surface area contributed by atoms with E-state index >= 15 is 0 Å². The molecular formula is C11H12FN5O. The molecule has 1 heterocycles.